The van der Waals surface area contributed by atoms with Gasteiger partial charge in [0, 0.05) is 25.2 Å². The minimum atomic E-state index is -0.0768. The van der Waals surface area contributed by atoms with Crippen molar-refractivity contribution in [1.29, 1.82) is 0 Å². The first kappa shape index (κ1) is 13.9. The molecule has 1 aromatic rings. The molecule has 1 aliphatic heterocycles. The Morgan fingerprint density at radius 1 is 1.30 bits per heavy atom. The van der Waals surface area contributed by atoms with Crippen LogP contribution in [0.4, 0.5) is 10.1 Å². The van der Waals surface area contributed by atoms with Crippen LogP contribution in [0.2, 0.25) is 0 Å². The molecule has 1 saturated heterocycles. The maximum Gasteiger partial charge on any atom is 0.146 e. The van der Waals surface area contributed by atoms with E-state index in [9.17, 15) is 4.39 Å². The Hall–Kier alpha value is -1.09. The maximum absolute atomic E-state index is 14.4. The fourth-order valence-electron chi connectivity index (χ4n) is 3.45. The van der Waals surface area contributed by atoms with Crippen LogP contribution < -0.4 is 10.2 Å². The molecule has 2 atom stereocenters. The van der Waals surface area contributed by atoms with Gasteiger partial charge in [-0.3, -0.25) is 0 Å². The molecule has 1 N–H and O–H groups in total. The van der Waals surface area contributed by atoms with Crippen molar-refractivity contribution in [1.82, 2.24) is 5.32 Å². The van der Waals surface area contributed by atoms with Crippen LogP contribution in [0.15, 0.2) is 18.2 Å². The molecule has 1 aliphatic carbocycles. The lowest BCUT2D eigenvalue weighted by Gasteiger charge is -2.44. The van der Waals surface area contributed by atoms with Gasteiger partial charge in [0.2, 0.25) is 0 Å². The molecule has 110 valence electrons. The lowest BCUT2D eigenvalue weighted by molar-refractivity contribution is 0.317. The molecule has 0 radical (unpaired) electrons. The number of rotatable bonds is 3. The third kappa shape index (κ3) is 2.56. The van der Waals surface area contributed by atoms with Gasteiger partial charge in [0.05, 0.1) is 5.69 Å². The molecule has 0 bridgehead atoms. The van der Waals surface area contributed by atoms with Crippen molar-refractivity contribution in [2.45, 2.75) is 45.7 Å². The molecule has 2 fully saturated rings. The van der Waals surface area contributed by atoms with Crippen molar-refractivity contribution in [3.05, 3.63) is 29.6 Å². The van der Waals surface area contributed by atoms with Crippen LogP contribution in [0, 0.1) is 24.6 Å². The van der Waals surface area contributed by atoms with Gasteiger partial charge in [-0.1, -0.05) is 26.0 Å². The minimum absolute atomic E-state index is 0.0768. The molecule has 2 nitrogen and oxygen atoms in total. The van der Waals surface area contributed by atoms with Gasteiger partial charge >= 0.3 is 0 Å². The van der Waals surface area contributed by atoms with Gasteiger partial charge in [-0.05, 0) is 43.2 Å². The summed E-state index contributed by atoms with van der Waals surface area (Å²) in [5.74, 6) is 1.24. The fourth-order valence-corrected chi connectivity index (χ4v) is 3.45. The number of para-hydroxylation sites is 1. The van der Waals surface area contributed by atoms with E-state index in [1.807, 2.05) is 13.0 Å². The highest BCUT2D eigenvalue weighted by Crippen LogP contribution is 2.37. The second-order valence-corrected chi connectivity index (χ2v) is 6.72. The number of piperazine rings is 1. The molecule has 2 unspecified atom stereocenters. The molecule has 3 heteroatoms. The average Bonchev–Trinajstić information content (AvgIpc) is 3.22. The molecule has 0 spiro atoms. The Balaban J connectivity index is 1.92. The zero-order valence-corrected chi connectivity index (χ0v) is 12.7. The minimum Gasteiger partial charge on any atom is -0.363 e. The zero-order chi connectivity index (χ0) is 14.3. The van der Waals surface area contributed by atoms with Crippen molar-refractivity contribution in [2.75, 3.05) is 18.0 Å². The Labute approximate surface area is 121 Å². The third-order valence-electron chi connectivity index (χ3n) is 4.82. The highest BCUT2D eigenvalue weighted by Gasteiger charge is 2.38. The first-order chi connectivity index (χ1) is 9.58. The van der Waals surface area contributed by atoms with Crippen molar-refractivity contribution in [3.8, 4) is 0 Å². The number of hydrogen-bond acceptors (Lipinski definition) is 2. The summed E-state index contributed by atoms with van der Waals surface area (Å²) in [5.41, 5.74) is 1.87. The molecule has 1 aromatic carbocycles. The maximum atomic E-state index is 14.4. The Morgan fingerprint density at radius 3 is 2.65 bits per heavy atom. The highest BCUT2D eigenvalue weighted by molar-refractivity contribution is 5.56. The Bertz CT molecular complexity index is 462. The van der Waals surface area contributed by atoms with Gasteiger partial charge in [0.1, 0.15) is 5.82 Å². The normalized spacial score (nSPS) is 27.1. The highest BCUT2D eigenvalue weighted by atomic mass is 19.1. The predicted molar refractivity (Wildman–Crippen MR) is 81.6 cm³/mol. The summed E-state index contributed by atoms with van der Waals surface area (Å²) in [7, 11) is 0. The number of benzene rings is 1. The van der Waals surface area contributed by atoms with Crippen molar-refractivity contribution in [2.24, 2.45) is 11.8 Å². The fraction of sp³-hybridized carbons (Fsp3) is 0.647. The van der Waals surface area contributed by atoms with Crippen LogP contribution in [0.5, 0.6) is 0 Å². The summed E-state index contributed by atoms with van der Waals surface area (Å²) in [5, 5.41) is 3.69. The summed E-state index contributed by atoms with van der Waals surface area (Å²) in [4.78, 5) is 2.33. The number of aryl methyl sites for hydroxylation is 1. The zero-order valence-electron chi connectivity index (χ0n) is 12.7. The molecular formula is C17H25FN2. The molecule has 3 rings (SSSR count). The van der Waals surface area contributed by atoms with E-state index in [0.29, 0.717) is 18.0 Å². The summed E-state index contributed by atoms with van der Waals surface area (Å²) in [6.45, 7) is 8.38. The van der Waals surface area contributed by atoms with E-state index in [1.54, 1.807) is 12.1 Å². The Kier molecular flexibility index (Phi) is 3.72. The average molecular weight is 276 g/mol. The van der Waals surface area contributed by atoms with E-state index >= 15 is 0 Å². The molecule has 0 aromatic heterocycles. The van der Waals surface area contributed by atoms with Crippen LogP contribution in [-0.4, -0.2) is 25.2 Å². The number of nitrogens with one attached hydrogen (secondary N) is 1. The van der Waals surface area contributed by atoms with Gasteiger partial charge in [-0.2, -0.15) is 0 Å². The Morgan fingerprint density at radius 2 is 2.05 bits per heavy atom. The molecular weight excluding hydrogens is 251 g/mol. The van der Waals surface area contributed by atoms with E-state index in [0.717, 1.165) is 30.3 Å². The second-order valence-electron chi connectivity index (χ2n) is 6.72. The quantitative estimate of drug-likeness (QED) is 0.911. The summed E-state index contributed by atoms with van der Waals surface area (Å²) < 4.78 is 14.4. The van der Waals surface area contributed by atoms with E-state index in [4.69, 9.17) is 0 Å². The number of halogens is 1. The van der Waals surface area contributed by atoms with E-state index in [1.165, 1.54) is 12.8 Å². The first-order valence-corrected chi connectivity index (χ1v) is 7.83. The third-order valence-corrected chi connectivity index (χ3v) is 4.82. The topological polar surface area (TPSA) is 15.3 Å². The number of hydrogen-bond donors (Lipinski definition) is 1. The van der Waals surface area contributed by atoms with Gasteiger partial charge in [-0.25, -0.2) is 4.39 Å². The molecule has 0 amide bonds. The van der Waals surface area contributed by atoms with Gasteiger partial charge < -0.3 is 10.2 Å². The SMILES string of the molecule is Cc1cccc(F)c1N1CC(C2CC2)NCC1C(C)C. The molecule has 2 aliphatic rings. The lowest BCUT2D eigenvalue weighted by Crippen LogP contribution is -2.59. The molecule has 1 saturated carbocycles. The summed E-state index contributed by atoms with van der Waals surface area (Å²) in [6, 6.07) is 6.32. The summed E-state index contributed by atoms with van der Waals surface area (Å²) >= 11 is 0. The van der Waals surface area contributed by atoms with Crippen molar-refractivity contribution in [3.63, 3.8) is 0 Å². The van der Waals surface area contributed by atoms with Crippen LogP contribution in [0.3, 0.4) is 0 Å². The van der Waals surface area contributed by atoms with Gasteiger partial charge in [-0.15, -0.1) is 0 Å². The number of nitrogens with zero attached hydrogens (tertiary/aromatic N) is 1. The molecule has 1 heterocycles. The lowest BCUT2D eigenvalue weighted by atomic mass is 9.95. The first-order valence-electron chi connectivity index (χ1n) is 7.83. The van der Waals surface area contributed by atoms with E-state index in [-0.39, 0.29) is 5.82 Å². The smallest absolute Gasteiger partial charge is 0.146 e. The van der Waals surface area contributed by atoms with Crippen molar-refractivity contribution < 1.29 is 4.39 Å². The largest absolute Gasteiger partial charge is 0.363 e. The van der Waals surface area contributed by atoms with Crippen LogP contribution in [0.1, 0.15) is 32.3 Å². The van der Waals surface area contributed by atoms with Gasteiger partial charge in [0.15, 0.2) is 0 Å². The number of anilines is 1. The van der Waals surface area contributed by atoms with Crippen LogP contribution in [0.25, 0.3) is 0 Å². The monoisotopic (exact) mass is 276 g/mol. The van der Waals surface area contributed by atoms with Crippen LogP contribution in [-0.2, 0) is 0 Å². The van der Waals surface area contributed by atoms with Gasteiger partial charge in [0.25, 0.3) is 0 Å². The molecule has 20 heavy (non-hydrogen) atoms. The van der Waals surface area contributed by atoms with Crippen molar-refractivity contribution >= 4 is 5.69 Å². The predicted octanol–water partition coefficient (Wildman–Crippen LogP) is 3.35. The van der Waals surface area contributed by atoms with E-state index < -0.39 is 0 Å². The summed E-state index contributed by atoms with van der Waals surface area (Å²) in [6.07, 6.45) is 2.65. The van der Waals surface area contributed by atoms with E-state index in [2.05, 4.69) is 24.1 Å². The standard InChI is InChI=1S/C17H25FN2/c1-11(2)16-9-19-15(13-7-8-13)10-20(16)17-12(3)5-4-6-14(17)18/h4-6,11,13,15-16,19H,7-10H2,1-3H3. The van der Waals surface area contributed by atoms with Crippen LogP contribution >= 0.6 is 0 Å². The second kappa shape index (κ2) is 5.36.